The molecule has 1 aromatic heterocycles. The first-order valence-corrected chi connectivity index (χ1v) is 5.87. The Morgan fingerprint density at radius 3 is 2.75 bits per heavy atom. The largest absolute Gasteiger partial charge is 0.367 e. The van der Waals surface area contributed by atoms with Gasteiger partial charge in [0.2, 0.25) is 0 Å². The van der Waals surface area contributed by atoms with E-state index >= 15 is 0 Å². The van der Waals surface area contributed by atoms with Crippen molar-refractivity contribution in [2.45, 2.75) is 0 Å². The van der Waals surface area contributed by atoms with Crippen LogP contribution in [0.1, 0.15) is 10.5 Å². The molecule has 0 unspecified atom stereocenters. The third kappa shape index (κ3) is 3.41. The number of benzene rings is 1. The summed E-state index contributed by atoms with van der Waals surface area (Å²) >= 11 is 0. The van der Waals surface area contributed by atoms with Gasteiger partial charge in [-0.05, 0) is 30.3 Å². The van der Waals surface area contributed by atoms with E-state index in [9.17, 15) is 9.18 Å². The molecule has 0 aliphatic rings. The molecular formula is C13H14FN5O. The highest BCUT2D eigenvalue weighted by atomic mass is 19.1. The predicted molar refractivity (Wildman–Crippen MR) is 73.6 cm³/mol. The van der Waals surface area contributed by atoms with E-state index in [-0.39, 0.29) is 11.5 Å². The van der Waals surface area contributed by atoms with Gasteiger partial charge < -0.3 is 4.90 Å². The van der Waals surface area contributed by atoms with Crippen molar-refractivity contribution in [1.29, 1.82) is 0 Å². The average molecular weight is 275 g/mol. The summed E-state index contributed by atoms with van der Waals surface area (Å²) in [5.74, 6) is -0.718. The van der Waals surface area contributed by atoms with Crippen LogP contribution >= 0.6 is 0 Å². The van der Waals surface area contributed by atoms with Gasteiger partial charge in [-0.15, -0.1) is 0 Å². The third-order valence-corrected chi connectivity index (χ3v) is 2.42. The van der Waals surface area contributed by atoms with E-state index in [1.165, 1.54) is 18.5 Å². The van der Waals surface area contributed by atoms with Gasteiger partial charge in [-0.2, -0.15) is 10.2 Å². The van der Waals surface area contributed by atoms with Crippen molar-refractivity contribution >= 4 is 12.2 Å². The van der Waals surface area contributed by atoms with E-state index < -0.39 is 5.91 Å². The monoisotopic (exact) mass is 275 g/mol. The van der Waals surface area contributed by atoms with Gasteiger partial charge in [0, 0.05) is 19.7 Å². The van der Waals surface area contributed by atoms with Gasteiger partial charge in [-0.25, -0.2) is 9.82 Å². The van der Waals surface area contributed by atoms with Crippen molar-refractivity contribution in [1.82, 2.24) is 20.5 Å². The number of amides is 1. The van der Waals surface area contributed by atoms with Crippen LogP contribution in [-0.2, 0) is 0 Å². The highest BCUT2D eigenvalue weighted by Crippen LogP contribution is 2.17. The quantitative estimate of drug-likeness (QED) is 0.504. The van der Waals surface area contributed by atoms with Gasteiger partial charge in [0.05, 0.1) is 5.69 Å². The SMILES string of the molecule is CN(C)/C=N\NC(=O)c1cc(-c2ccc(F)cc2)n[nH]1. The second-order valence-electron chi connectivity index (χ2n) is 4.32. The number of halogens is 1. The number of aromatic nitrogens is 2. The van der Waals surface area contributed by atoms with Gasteiger partial charge in [0.25, 0.3) is 5.91 Å². The normalized spacial score (nSPS) is 10.8. The molecule has 1 amide bonds. The van der Waals surface area contributed by atoms with E-state index in [1.54, 1.807) is 37.2 Å². The summed E-state index contributed by atoms with van der Waals surface area (Å²) in [4.78, 5) is 13.4. The van der Waals surface area contributed by atoms with Gasteiger partial charge in [-0.1, -0.05) is 0 Å². The molecule has 2 rings (SSSR count). The number of hydrogen-bond acceptors (Lipinski definition) is 3. The lowest BCUT2D eigenvalue weighted by Gasteiger charge is -2.01. The molecule has 20 heavy (non-hydrogen) atoms. The zero-order valence-corrected chi connectivity index (χ0v) is 11.1. The Bertz CT molecular complexity index is 618. The molecule has 0 saturated carbocycles. The third-order valence-electron chi connectivity index (χ3n) is 2.42. The summed E-state index contributed by atoms with van der Waals surface area (Å²) in [7, 11) is 3.58. The zero-order valence-electron chi connectivity index (χ0n) is 11.1. The summed E-state index contributed by atoms with van der Waals surface area (Å²) in [6.45, 7) is 0. The standard InChI is InChI=1S/C13H14FN5O/c1-19(2)8-15-18-13(20)12-7-11(16-17-12)9-3-5-10(14)6-4-9/h3-8H,1-2H3,(H,16,17)(H,18,20)/b15-8-. The number of carbonyl (C=O) groups excluding carboxylic acids is 1. The molecule has 0 spiro atoms. The van der Waals surface area contributed by atoms with Crippen molar-refractivity contribution in [2.75, 3.05) is 14.1 Å². The molecule has 0 atom stereocenters. The van der Waals surface area contributed by atoms with Crippen LogP contribution < -0.4 is 5.43 Å². The lowest BCUT2D eigenvalue weighted by Crippen LogP contribution is -2.20. The zero-order chi connectivity index (χ0) is 14.5. The molecule has 6 nitrogen and oxygen atoms in total. The minimum atomic E-state index is -0.399. The predicted octanol–water partition coefficient (Wildman–Crippen LogP) is 1.45. The average Bonchev–Trinajstić information content (AvgIpc) is 2.88. The number of nitrogens with one attached hydrogen (secondary N) is 2. The van der Waals surface area contributed by atoms with Crippen molar-refractivity contribution in [2.24, 2.45) is 5.10 Å². The van der Waals surface area contributed by atoms with E-state index in [1.807, 2.05) is 0 Å². The van der Waals surface area contributed by atoms with Crippen LogP contribution in [0.4, 0.5) is 4.39 Å². The van der Waals surface area contributed by atoms with E-state index in [4.69, 9.17) is 0 Å². The highest BCUT2D eigenvalue weighted by molar-refractivity contribution is 5.93. The van der Waals surface area contributed by atoms with E-state index in [0.29, 0.717) is 5.69 Å². The maximum Gasteiger partial charge on any atom is 0.289 e. The molecule has 2 N–H and O–H groups in total. The fraction of sp³-hybridized carbons (Fsp3) is 0.154. The molecular weight excluding hydrogens is 261 g/mol. The molecule has 1 aromatic carbocycles. The number of carbonyl (C=O) groups is 1. The van der Waals surface area contributed by atoms with Gasteiger partial charge in [0.15, 0.2) is 0 Å². The summed E-state index contributed by atoms with van der Waals surface area (Å²) in [6.07, 6.45) is 1.47. The lowest BCUT2D eigenvalue weighted by molar-refractivity contribution is 0.0949. The highest BCUT2D eigenvalue weighted by Gasteiger charge is 2.10. The minimum absolute atomic E-state index is 0.278. The topological polar surface area (TPSA) is 73.4 Å². The Morgan fingerprint density at radius 1 is 1.40 bits per heavy atom. The van der Waals surface area contributed by atoms with E-state index in [0.717, 1.165) is 5.56 Å². The van der Waals surface area contributed by atoms with Crippen molar-refractivity contribution in [3.8, 4) is 11.3 Å². The second kappa shape index (κ2) is 5.96. The number of hydrazone groups is 1. The Morgan fingerprint density at radius 2 is 2.10 bits per heavy atom. The van der Waals surface area contributed by atoms with Gasteiger partial charge in [0.1, 0.15) is 17.8 Å². The first-order chi connectivity index (χ1) is 9.56. The molecule has 1 heterocycles. The molecule has 104 valence electrons. The van der Waals surface area contributed by atoms with Crippen LogP contribution in [0.15, 0.2) is 35.4 Å². The van der Waals surface area contributed by atoms with Crippen molar-refractivity contribution in [3.05, 3.63) is 41.8 Å². The van der Waals surface area contributed by atoms with Crippen molar-refractivity contribution < 1.29 is 9.18 Å². The molecule has 0 fully saturated rings. The second-order valence-corrected chi connectivity index (χ2v) is 4.32. The summed E-state index contributed by atoms with van der Waals surface area (Å²) in [5, 5.41) is 10.4. The number of rotatable bonds is 4. The van der Waals surface area contributed by atoms with Gasteiger partial charge in [-0.3, -0.25) is 9.89 Å². The number of hydrogen-bond donors (Lipinski definition) is 2. The van der Waals surface area contributed by atoms with Gasteiger partial charge >= 0.3 is 0 Å². The van der Waals surface area contributed by atoms with Crippen LogP contribution in [0.25, 0.3) is 11.3 Å². The lowest BCUT2D eigenvalue weighted by atomic mass is 10.1. The summed E-state index contributed by atoms with van der Waals surface area (Å²) in [6, 6.07) is 7.44. The first-order valence-electron chi connectivity index (χ1n) is 5.87. The van der Waals surface area contributed by atoms with Crippen LogP contribution in [0.5, 0.6) is 0 Å². The molecule has 0 bridgehead atoms. The Kier molecular flexibility index (Phi) is 4.09. The number of aromatic amines is 1. The van der Waals surface area contributed by atoms with Crippen LogP contribution in [-0.4, -0.2) is 41.4 Å². The van der Waals surface area contributed by atoms with Crippen LogP contribution in [0.3, 0.4) is 0 Å². The Hall–Kier alpha value is -2.70. The van der Waals surface area contributed by atoms with Crippen LogP contribution in [0, 0.1) is 5.82 Å². The van der Waals surface area contributed by atoms with Crippen LogP contribution in [0.2, 0.25) is 0 Å². The molecule has 0 saturated heterocycles. The number of nitrogens with zero attached hydrogens (tertiary/aromatic N) is 3. The Labute approximate surface area is 115 Å². The maximum atomic E-state index is 12.8. The van der Waals surface area contributed by atoms with Crippen molar-refractivity contribution in [3.63, 3.8) is 0 Å². The number of H-pyrrole nitrogens is 1. The molecule has 0 aliphatic heterocycles. The fourth-order valence-electron chi connectivity index (χ4n) is 1.47. The smallest absolute Gasteiger partial charge is 0.289 e. The molecule has 0 aliphatic carbocycles. The summed E-state index contributed by atoms with van der Waals surface area (Å²) < 4.78 is 12.8. The van der Waals surface area contributed by atoms with E-state index in [2.05, 4.69) is 20.7 Å². The molecule has 7 heteroatoms. The molecule has 2 aromatic rings. The maximum absolute atomic E-state index is 12.8. The Balaban J connectivity index is 2.08. The molecule has 0 radical (unpaired) electrons. The summed E-state index contributed by atoms with van der Waals surface area (Å²) in [5.41, 5.74) is 3.92. The first kappa shape index (κ1) is 13.7. The minimum Gasteiger partial charge on any atom is -0.367 e. The fourth-order valence-corrected chi connectivity index (χ4v) is 1.47.